The molecule has 1 aliphatic carbocycles. The number of rotatable bonds is 10. The van der Waals surface area contributed by atoms with Crippen LogP contribution in [0.1, 0.15) is 81.0 Å². The Morgan fingerprint density at radius 3 is 2.20 bits per heavy atom. The number of methoxy groups -OCH3 is 2. The fourth-order valence-electron chi connectivity index (χ4n) is 6.45. The van der Waals surface area contributed by atoms with E-state index in [1.165, 1.54) is 32.7 Å². The molecule has 2 aromatic rings. The lowest BCUT2D eigenvalue weighted by atomic mass is 9.79. The molecule has 1 unspecified atom stereocenters. The van der Waals surface area contributed by atoms with Crippen molar-refractivity contribution < 1.29 is 33.1 Å². The van der Waals surface area contributed by atoms with Crippen molar-refractivity contribution in [2.75, 3.05) is 38.8 Å². The molecule has 2 saturated heterocycles. The SMILES string of the molecule is COC(=O)c1ccc(O[C@H]2C[C@H](N(CC3CCN(c4ccc(B5OC(C)C(C)(C)O5)cc4)CC3)C(C)C)C2)cc1C(=O)OC. The first kappa shape index (κ1) is 32.3. The van der Waals surface area contributed by atoms with E-state index in [0.717, 1.165) is 37.9 Å². The summed E-state index contributed by atoms with van der Waals surface area (Å²) in [6, 6.07) is 14.4. The molecule has 1 saturated carbocycles. The number of anilines is 1. The Kier molecular flexibility index (Phi) is 9.92. The predicted molar refractivity (Wildman–Crippen MR) is 171 cm³/mol. The van der Waals surface area contributed by atoms with Gasteiger partial charge in [-0.25, -0.2) is 9.59 Å². The minimum absolute atomic E-state index is 0.0582. The third-order valence-electron chi connectivity index (χ3n) is 9.64. The minimum atomic E-state index is -0.594. The Labute approximate surface area is 262 Å². The lowest BCUT2D eigenvalue weighted by Gasteiger charge is -2.46. The highest BCUT2D eigenvalue weighted by molar-refractivity contribution is 6.62. The quantitative estimate of drug-likeness (QED) is 0.282. The molecule has 0 spiro atoms. The van der Waals surface area contributed by atoms with Crippen molar-refractivity contribution in [3.05, 3.63) is 53.6 Å². The second-order valence-electron chi connectivity index (χ2n) is 13.2. The normalized spacial score (nSPS) is 23.5. The lowest BCUT2D eigenvalue weighted by molar-refractivity contribution is -0.00664. The fraction of sp³-hybridized carbons (Fsp3) is 0.588. The smallest absolute Gasteiger partial charge is 0.490 e. The van der Waals surface area contributed by atoms with Gasteiger partial charge >= 0.3 is 19.1 Å². The second kappa shape index (κ2) is 13.5. The van der Waals surface area contributed by atoms with Crippen molar-refractivity contribution in [3.8, 4) is 5.75 Å². The van der Waals surface area contributed by atoms with Gasteiger partial charge in [0.05, 0.1) is 37.1 Å². The van der Waals surface area contributed by atoms with Crippen LogP contribution in [-0.4, -0.2) is 87.7 Å². The molecule has 44 heavy (non-hydrogen) atoms. The number of ether oxygens (including phenoxy) is 3. The molecule has 10 heteroatoms. The Balaban J connectivity index is 1.10. The molecule has 5 rings (SSSR count). The standard InChI is InChI=1S/C34H47BN2O7/c1-22(2)37(27-18-29(19-27)42-28-12-13-30(32(38)40-6)31(20-28)33(39)41-7)21-24-14-16-36(17-15-24)26-10-8-25(9-11-26)35-43-23(3)34(4,5)44-35/h8-13,20,22-24,27,29H,14-19,21H2,1-7H3/t23?,27-,29-. The van der Waals surface area contributed by atoms with Gasteiger partial charge in [-0.15, -0.1) is 0 Å². The molecule has 0 radical (unpaired) electrons. The topological polar surface area (TPSA) is 86.8 Å². The van der Waals surface area contributed by atoms with Crippen LogP contribution in [0.15, 0.2) is 42.5 Å². The van der Waals surface area contributed by atoms with Crippen LogP contribution in [0.5, 0.6) is 5.75 Å². The molecule has 3 aliphatic rings. The summed E-state index contributed by atoms with van der Waals surface area (Å²) in [5.41, 5.74) is 2.36. The molecule has 1 atom stereocenters. The summed E-state index contributed by atoms with van der Waals surface area (Å²) < 4.78 is 28.0. The molecule has 238 valence electrons. The maximum absolute atomic E-state index is 12.3. The Morgan fingerprint density at radius 2 is 1.64 bits per heavy atom. The Morgan fingerprint density at radius 1 is 1.00 bits per heavy atom. The van der Waals surface area contributed by atoms with E-state index < -0.39 is 11.9 Å². The van der Waals surface area contributed by atoms with Gasteiger partial charge in [0.25, 0.3) is 0 Å². The van der Waals surface area contributed by atoms with E-state index in [1.807, 2.05) is 0 Å². The highest BCUT2D eigenvalue weighted by Crippen LogP contribution is 2.34. The van der Waals surface area contributed by atoms with Gasteiger partial charge in [0.2, 0.25) is 0 Å². The largest absolute Gasteiger partial charge is 0.494 e. The van der Waals surface area contributed by atoms with Crippen molar-refractivity contribution in [1.29, 1.82) is 0 Å². The predicted octanol–water partition coefficient (Wildman–Crippen LogP) is 4.71. The molecule has 2 aromatic carbocycles. The number of carbonyl (C=O) groups excluding carboxylic acids is 2. The third-order valence-corrected chi connectivity index (χ3v) is 9.64. The number of carbonyl (C=O) groups is 2. The summed E-state index contributed by atoms with van der Waals surface area (Å²) in [6.07, 6.45) is 4.32. The molecule has 3 fully saturated rings. The van der Waals surface area contributed by atoms with Gasteiger partial charge in [-0.3, -0.25) is 4.90 Å². The summed E-state index contributed by atoms with van der Waals surface area (Å²) in [7, 11) is 2.27. The van der Waals surface area contributed by atoms with Crippen LogP contribution in [-0.2, 0) is 18.8 Å². The van der Waals surface area contributed by atoms with Crippen molar-refractivity contribution >= 4 is 30.2 Å². The van der Waals surface area contributed by atoms with Gasteiger partial charge in [0, 0.05) is 50.2 Å². The summed E-state index contributed by atoms with van der Waals surface area (Å²) in [5.74, 6) is 0.0360. The van der Waals surface area contributed by atoms with E-state index in [2.05, 4.69) is 68.7 Å². The van der Waals surface area contributed by atoms with E-state index in [0.29, 0.717) is 23.8 Å². The number of hydrogen-bond acceptors (Lipinski definition) is 9. The van der Waals surface area contributed by atoms with Gasteiger partial charge in [-0.1, -0.05) is 12.1 Å². The average Bonchev–Trinajstić information content (AvgIpc) is 3.28. The number of hydrogen-bond donors (Lipinski definition) is 0. The summed E-state index contributed by atoms with van der Waals surface area (Å²) >= 11 is 0. The van der Waals surface area contributed by atoms with Crippen LogP contribution in [0.3, 0.4) is 0 Å². The van der Waals surface area contributed by atoms with Crippen molar-refractivity contribution in [3.63, 3.8) is 0 Å². The number of esters is 2. The van der Waals surface area contributed by atoms with E-state index in [-0.39, 0.29) is 36.1 Å². The van der Waals surface area contributed by atoms with Crippen LogP contribution < -0.4 is 15.1 Å². The molecule has 0 aromatic heterocycles. The monoisotopic (exact) mass is 606 g/mol. The fourth-order valence-corrected chi connectivity index (χ4v) is 6.45. The summed E-state index contributed by atoms with van der Waals surface area (Å²) in [5, 5.41) is 0. The van der Waals surface area contributed by atoms with Crippen molar-refractivity contribution in [2.24, 2.45) is 5.92 Å². The number of piperidine rings is 1. The molecule has 0 amide bonds. The molecular formula is C34H47BN2O7. The van der Waals surface area contributed by atoms with Crippen LogP contribution in [0.25, 0.3) is 0 Å². The first-order valence-electron chi connectivity index (χ1n) is 15.9. The highest BCUT2D eigenvalue weighted by atomic mass is 16.7. The summed E-state index contributed by atoms with van der Waals surface area (Å²) in [4.78, 5) is 29.5. The summed E-state index contributed by atoms with van der Waals surface area (Å²) in [6.45, 7) is 14.0. The number of benzene rings is 2. The second-order valence-corrected chi connectivity index (χ2v) is 13.2. The zero-order chi connectivity index (χ0) is 31.6. The lowest BCUT2D eigenvalue weighted by Crippen LogP contribution is -2.53. The molecule has 0 bridgehead atoms. The first-order valence-corrected chi connectivity index (χ1v) is 15.9. The van der Waals surface area contributed by atoms with Gasteiger partial charge in [-0.05, 0) is 89.2 Å². The molecule has 2 heterocycles. The van der Waals surface area contributed by atoms with Crippen LogP contribution in [0.2, 0.25) is 0 Å². The molecular weight excluding hydrogens is 559 g/mol. The maximum atomic E-state index is 12.3. The Hall–Kier alpha value is -3.08. The van der Waals surface area contributed by atoms with Gasteiger partial charge in [-0.2, -0.15) is 0 Å². The zero-order valence-electron chi connectivity index (χ0n) is 27.2. The molecule has 2 aliphatic heterocycles. The highest BCUT2D eigenvalue weighted by Gasteiger charge is 2.44. The average molecular weight is 607 g/mol. The number of nitrogens with zero attached hydrogens (tertiary/aromatic N) is 2. The van der Waals surface area contributed by atoms with Crippen LogP contribution >= 0.6 is 0 Å². The van der Waals surface area contributed by atoms with Gasteiger partial charge in [0.15, 0.2) is 0 Å². The van der Waals surface area contributed by atoms with E-state index >= 15 is 0 Å². The zero-order valence-corrected chi connectivity index (χ0v) is 27.2. The third kappa shape index (κ3) is 7.08. The van der Waals surface area contributed by atoms with E-state index in [4.69, 9.17) is 23.5 Å². The maximum Gasteiger partial charge on any atom is 0.494 e. The molecule has 9 nitrogen and oxygen atoms in total. The van der Waals surface area contributed by atoms with Crippen LogP contribution in [0, 0.1) is 5.92 Å². The Bertz CT molecular complexity index is 1300. The minimum Gasteiger partial charge on any atom is -0.490 e. The van der Waals surface area contributed by atoms with E-state index in [1.54, 1.807) is 18.2 Å². The van der Waals surface area contributed by atoms with Crippen molar-refractivity contribution in [2.45, 2.75) is 90.2 Å². The van der Waals surface area contributed by atoms with Crippen molar-refractivity contribution in [1.82, 2.24) is 4.90 Å². The van der Waals surface area contributed by atoms with E-state index in [9.17, 15) is 9.59 Å². The van der Waals surface area contributed by atoms with Gasteiger partial charge in [0.1, 0.15) is 11.9 Å². The first-order chi connectivity index (χ1) is 21.0. The molecule has 0 N–H and O–H groups in total. The van der Waals surface area contributed by atoms with Crippen LogP contribution in [0.4, 0.5) is 5.69 Å². The van der Waals surface area contributed by atoms with Gasteiger partial charge < -0.3 is 28.4 Å².